The molecule has 1 aromatic carbocycles. The van der Waals surface area contributed by atoms with Gasteiger partial charge in [0, 0.05) is 48.5 Å². The molecule has 0 spiro atoms. The first-order valence-electron chi connectivity index (χ1n) is 12.0. The van der Waals surface area contributed by atoms with Crippen LogP contribution in [0, 0.1) is 5.41 Å². The number of carbonyl (C=O) groups excluding carboxylic acids is 2. The van der Waals surface area contributed by atoms with Crippen molar-refractivity contribution in [1.82, 2.24) is 15.2 Å². The molecule has 0 bridgehead atoms. The van der Waals surface area contributed by atoms with Gasteiger partial charge in [0.2, 0.25) is 11.8 Å². The quantitative estimate of drug-likeness (QED) is 0.581. The maximum Gasteiger partial charge on any atom is 0.246 e. The average molecular weight is 465 g/mol. The number of likely N-dealkylation sites (N-methyl/N-ethyl adjacent to an activating group) is 1. The van der Waals surface area contributed by atoms with Crippen LogP contribution < -0.4 is 10.2 Å². The molecule has 34 heavy (non-hydrogen) atoms. The molecular formula is C27H36N4O3. The van der Waals surface area contributed by atoms with Crippen molar-refractivity contribution in [2.24, 2.45) is 5.41 Å². The summed E-state index contributed by atoms with van der Waals surface area (Å²) in [5.41, 5.74) is 6.48. The van der Waals surface area contributed by atoms with E-state index in [2.05, 4.69) is 36.8 Å². The van der Waals surface area contributed by atoms with Crippen molar-refractivity contribution in [1.29, 1.82) is 0 Å². The molecule has 0 saturated carbocycles. The minimum atomic E-state index is -0.272. The number of aromatic amines is 1. The van der Waals surface area contributed by atoms with E-state index in [9.17, 15) is 14.7 Å². The lowest BCUT2D eigenvalue weighted by molar-refractivity contribution is -0.133. The third-order valence-electron chi connectivity index (χ3n) is 7.40. The highest BCUT2D eigenvalue weighted by Gasteiger charge is 2.32. The lowest BCUT2D eigenvalue weighted by Crippen LogP contribution is -2.43. The SMILES string of the molecule is C=C(C1=C(NC)CC(C)(C)CC1)c1cc2ccc(N(C)C(=O)CN3C(=O)CCC3CO)cc2[nH]1. The molecule has 1 saturated heterocycles. The maximum atomic E-state index is 12.9. The topological polar surface area (TPSA) is 88.7 Å². The number of likely N-dealkylation sites (tertiary alicyclic amines) is 1. The maximum absolute atomic E-state index is 12.9. The summed E-state index contributed by atoms with van der Waals surface area (Å²) in [7, 11) is 3.70. The second kappa shape index (κ2) is 9.29. The number of carbonyl (C=O) groups is 2. The molecule has 4 rings (SSSR count). The highest BCUT2D eigenvalue weighted by Crippen LogP contribution is 2.42. The Balaban J connectivity index is 1.54. The van der Waals surface area contributed by atoms with Gasteiger partial charge in [0.1, 0.15) is 6.54 Å². The van der Waals surface area contributed by atoms with Crippen LogP contribution in [0.5, 0.6) is 0 Å². The number of H-pyrrole nitrogens is 1. The van der Waals surface area contributed by atoms with Gasteiger partial charge < -0.3 is 25.2 Å². The van der Waals surface area contributed by atoms with E-state index in [1.165, 1.54) is 16.2 Å². The minimum absolute atomic E-state index is 0.0251. The fraction of sp³-hybridized carbons (Fsp3) is 0.481. The average Bonchev–Trinajstić information content (AvgIpc) is 3.40. The van der Waals surface area contributed by atoms with Gasteiger partial charge in [0.25, 0.3) is 0 Å². The van der Waals surface area contributed by atoms with Crippen LogP contribution in [0.1, 0.15) is 51.6 Å². The van der Waals surface area contributed by atoms with E-state index in [1.807, 2.05) is 25.2 Å². The van der Waals surface area contributed by atoms with Gasteiger partial charge in [-0.3, -0.25) is 9.59 Å². The van der Waals surface area contributed by atoms with Gasteiger partial charge in [-0.15, -0.1) is 0 Å². The monoisotopic (exact) mass is 464 g/mol. The summed E-state index contributed by atoms with van der Waals surface area (Å²) in [6.07, 6.45) is 4.10. The first kappa shape index (κ1) is 24.1. The van der Waals surface area contributed by atoms with Crippen molar-refractivity contribution in [2.75, 3.05) is 32.1 Å². The van der Waals surface area contributed by atoms with E-state index in [0.29, 0.717) is 12.8 Å². The number of allylic oxidation sites excluding steroid dienone is 3. The second-order valence-electron chi connectivity index (χ2n) is 10.3. The van der Waals surface area contributed by atoms with Crippen molar-refractivity contribution in [2.45, 2.75) is 52.0 Å². The normalized spacial score (nSPS) is 20.2. The van der Waals surface area contributed by atoms with E-state index in [1.54, 1.807) is 11.9 Å². The van der Waals surface area contributed by atoms with Crippen LogP contribution >= 0.6 is 0 Å². The minimum Gasteiger partial charge on any atom is -0.394 e. The van der Waals surface area contributed by atoms with Crippen LogP contribution in [0.4, 0.5) is 5.69 Å². The summed E-state index contributed by atoms with van der Waals surface area (Å²) in [6.45, 7) is 8.86. The number of aromatic nitrogens is 1. The second-order valence-corrected chi connectivity index (χ2v) is 10.3. The predicted molar refractivity (Wildman–Crippen MR) is 136 cm³/mol. The van der Waals surface area contributed by atoms with E-state index in [0.717, 1.165) is 47.1 Å². The smallest absolute Gasteiger partial charge is 0.246 e. The summed E-state index contributed by atoms with van der Waals surface area (Å²) >= 11 is 0. The number of anilines is 1. The Hall–Kier alpha value is -3.06. The number of amides is 2. The summed E-state index contributed by atoms with van der Waals surface area (Å²) in [4.78, 5) is 31.6. The highest BCUT2D eigenvalue weighted by molar-refractivity contribution is 5.99. The lowest BCUT2D eigenvalue weighted by atomic mass is 9.75. The van der Waals surface area contributed by atoms with Crippen LogP contribution in [-0.4, -0.2) is 60.1 Å². The van der Waals surface area contributed by atoms with Gasteiger partial charge in [-0.25, -0.2) is 0 Å². The Kier molecular flexibility index (Phi) is 6.58. The standard InChI is InChI=1S/C27H36N4O3/c1-17(21-10-11-27(2,3)14-24(21)28-4)22-12-18-6-7-19(13-23(18)29-22)30(5)26(34)15-31-20(16-32)8-9-25(31)33/h6-7,12-13,20,28-29,32H,1,8-11,14-16H2,2-5H3. The molecule has 1 aliphatic heterocycles. The third-order valence-corrected chi connectivity index (χ3v) is 7.40. The summed E-state index contributed by atoms with van der Waals surface area (Å²) in [5.74, 6) is -0.261. The lowest BCUT2D eigenvalue weighted by Gasteiger charge is -2.33. The number of hydrogen-bond donors (Lipinski definition) is 3. The Morgan fingerprint density at radius 2 is 2.09 bits per heavy atom. The Labute approximate surface area is 201 Å². The van der Waals surface area contributed by atoms with Crippen LogP contribution in [-0.2, 0) is 9.59 Å². The van der Waals surface area contributed by atoms with E-state index in [4.69, 9.17) is 0 Å². The molecule has 1 aromatic heterocycles. The predicted octanol–water partition coefficient (Wildman–Crippen LogP) is 3.81. The fourth-order valence-electron chi connectivity index (χ4n) is 5.11. The molecule has 2 heterocycles. The number of fused-ring (bicyclic) bond motifs is 1. The molecule has 1 fully saturated rings. The number of nitrogens with one attached hydrogen (secondary N) is 2. The molecule has 2 amide bonds. The van der Waals surface area contributed by atoms with Gasteiger partial charge in [-0.05, 0) is 60.4 Å². The molecule has 182 valence electrons. The molecule has 1 atom stereocenters. The zero-order valence-corrected chi connectivity index (χ0v) is 20.7. The van der Waals surface area contributed by atoms with E-state index in [-0.39, 0.29) is 36.4 Å². The van der Waals surface area contributed by atoms with E-state index >= 15 is 0 Å². The van der Waals surface area contributed by atoms with Gasteiger partial charge in [-0.1, -0.05) is 26.5 Å². The van der Waals surface area contributed by atoms with Crippen molar-refractivity contribution in [3.8, 4) is 0 Å². The van der Waals surface area contributed by atoms with Crippen molar-refractivity contribution < 1.29 is 14.7 Å². The largest absolute Gasteiger partial charge is 0.394 e. The van der Waals surface area contributed by atoms with E-state index < -0.39 is 0 Å². The van der Waals surface area contributed by atoms with Gasteiger partial charge in [-0.2, -0.15) is 0 Å². The molecule has 0 radical (unpaired) electrons. The summed E-state index contributed by atoms with van der Waals surface area (Å²) in [6, 6.07) is 7.70. The molecule has 7 nitrogen and oxygen atoms in total. The number of aliphatic hydroxyl groups is 1. The Bertz CT molecular complexity index is 1160. The number of rotatable bonds is 7. The first-order valence-corrected chi connectivity index (χ1v) is 12.0. The molecule has 1 unspecified atom stereocenters. The Morgan fingerprint density at radius 1 is 1.32 bits per heavy atom. The van der Waals surface area contributed by atoms with Gasteiger partial charge in [0.05, 0.1) is 12.6 Å². The highest BCUT2D eigenvalue weighted by atomic mass is 16.3. The summed E-state index contributed by atoms with van der Waals surface area (Å²) in [5, 5.41) is 13.9. The van der Waals surface area contributed by atoms with Crippen molar-refractivity contribution in [3.63, 3.8) is 0 Å². The van der Waals surface area contributed by atoms with Gasteiger partial charge in [0.15, 0.2) is 0 Å². The number of hydrogen-bond acceptors (Lipinski definition) is 4. The van der Waals surface area contributed by atoms with Crippen LogP contribution in [0.25, 0.3) is 16.5 Å². The fourth-order valence-corrected chi connectivity index (χ4v) is 5.11. The molecule has 2 aromatic rings. The zero-order chi connectivity index (χ0) is 24.6. The Morgan fingerprint density at radius 3 is 2.79 bits per heavy atom. The van der Waals surface area contributed by atoms with Crippen molar-refractivity contribution in [3.05, 3.63) is 47.8 Å². The van der Waals surface area contributed by atoms with Crippen LogP contribution in [0.2, 0.25) is 0 Å². The van der Waals surface area contributed by atoms with Crippen LogP contribution in [0.15, 0.2) is 42.1 Å². The van der Waals surface area contributed by atoms with Crippen molar-refractivity contribution >= 4 is 34.0 Å². The number of benzene rings is 1. The molecule has 3 N–H and O–H groups in total. The molecule has 2 aliphatic rings. The number of nitrogens with zero attached hydrogens (tertiary/aromatic N) is 2. The molecule has 7 heteroatoms. The number of aliphatic hydroxyl groups excluding tert-OH is 1. The molecular weight excluding hydrogens is 428 g/mol. The first-order chi connectivity index (χ1) is 16.1. The molecule has 1 aliphatic carbocycles. The zero-order valence-electron chi connectivity index (χ0n) is 20.7. The van der Waals surface area contributed by atoms with Gasteiger partial charge >= 0.3 is 0 Å². The summed E-state index contributed by atoms with van der Waals surface area (Å²) < 4.78 is 0. The third kappa shape index (κ3) is 4.62. The van der Waals surface area contributed by atoms with Crippen LogP contribution in [0.3, 0.4) is 0 Å².